The number of carbonyl (C=O) groups is 2. The molecule has 7 rings (SSSR count). The van der Waals surface area contributed by atoms with Crippen molar-refractivity contribution in [1.82, 2.24) is 18.9 Å². The Kier molecular flexibility index (Phi) is 8.30. The maximum Gasteiger partial charge on any atom is 0.269 e. The van der Waals surface area contributed by atoms with E-state index in [2.05, 4.69) is 37.5 Å². The molecule has 7 aromatic rings. The van der Waals surface area contributed by atoms with Crippen molar-refractivity contribution in [2.45, 2.75) is 4.90 Å². The van der Waals surface area contributed by atoms with Gasteiger partial charge in [-0.3, -0.25) is 9.59 Å². The molecule has 14 heteroatoms. The summed E-state index contributed by atoms with van der Waals surface area (Å²) >= 11 is 1.41. The van der Waals surface area contributed by atoms with Crippen LogP contribution in [0.5, 0.6) is 11.6 Å². The Morgan fingerprint density at radius 2 is 1.65 bits per heavy atom. The molecule has 4 aromatic heterocycles. The first-order valence-electron chi connectivity index (χ1n) is 14.7. The van der Waals surface area contributed by atoms with Crippen LogP contribution in [0.2, 0.25) is 0 Å². The fourth-order valence-electron chi connectivity index (χ4n) is 4.91. The fraction of sp³-hybridized carbons (Fsp3) is 0. The highest BCUT2D eigenvalue weighted by molar-refractivity contribution is 7.90. The minimum absolute atomic E-state index is 0.158. The molecule has 12 nitrogen and oxygen atoms in total. The molecule has 0 saturated carbocycles. The number of rotatable bonds is 10. The lowest BCUT2D eigenvalue weighted by Crippen LogP contribution is -2.12. The highest BCUT2D eigenvalue weighted by Gasteiger charge is 2.20. The van der Waals surface area contributed by atoms with E-state index in [9.17, 15) is 18.0 Å². The van der Waals surface area contributed by atoms with E-state index >= 15 is 0 Å². The number of anilines is 4. The van der Waals surface area contributed by atoms with E-state index in [-0.39, 0.29) is 34.2 Å². The monoisotopic (exact) mass is 687 g/mol. The maximum absolute atomic E-state index is 13.2. The summed E-state index contributed by atoms with van der Waals surface area (Å²) in [7, 11) is -3.83. The van der Waals surface area contributed by atoms with Gasteiger partial charge in [0.1, 0.15) is 10.4 Å². The molecule has 3 aromatic carbocycles. The predicted octanol–water partition coefficient (Wildman–Crippen LogP) is 7.19. The van der Waals surface area contributed by atoms with Crippen LogP contribution in [0.4, 0.5) is 23.0 Å². The zero-order chi connectivity index (χ0) is 34.0. The lowest BCUT2D eigenvalue weighted by Gasteiger charge is -2.11. The van der Waals surface area contributed by atoms with Crippen LogP contribution in [0.1, 0.15) is 10.4 Å². The number of nitrogens with zero attached hydrogens (tertiary/aromatic N) is 4. The van der Waals surface area contributed by atoms with Gasteiger partial charge in [-0.05, 0) is 84.3 Å². The SMILES string of the molecule is C=CC(=O)Nc1ccc(C(=O)Nc2cccc(Nc3nc(Oc4cnc5c(ccn5S(=O)(=O)c5ccccc5)c4)c4sccc4n3)c2)cc1. The van der Waals surface area contributed by atoms with E-state index < -0.39 is 10.0 Å². The lowest BCUT2D eigenvalue weighted by molar-refractivity contribution is -0.111. The molecule has 0 aliphatic rings. The van der Waals surface area contributed by atoms with E-state index in [1.807, 2.05) is 11.4 Å². The van der Waals surface area contributed by atoms with Gasteiger partial charge in [-0.15, -0.1) is 11.3 Å². The Labute approximate surface area is 283 Å². The summed E-state index contributed by atoms with van der Waals surface area (Å²) in [4.78, 5) is 38.2. The summed E-state index contributed by atoms with van der Waals surface area (Å²) in [6, 6.07) is 26.9. The zero-order valence-corrected chi connectivity index (χ0v) is 27.0. The van der Waals surface area contributed by atoms with Crippen LogP contribution in [0.15, 0.2) is 132 Å². The molecule has 0 aliphatic carbocycles. The molecule has 0 atom stereocenters. The van der Waals surface area contributed by atoms with Crippen molar-refractivity contribution in [3.8, 4) is 11.6 Å². The number of fused-ring (bicyclic) bond motifs is 2. The molecule has 0 aliphatic heterocycles. The number of amides is 2. The summed E-state index contributed by atoms with van der Waals surface area (Å²) in [5, 5.41) is 11.1. The average molecular weight is 688 g/mol. The van der Waals surface area contributed by atoms with Crippen LogP contribution in [-0.2, 0) is 14.8 Å². The smallest absolute Gasteiger partial charge is 0.269 e. The third kappa shape index (κ3) is 6.58. The Balaban J connectivity index is 1.09. The minimum atomic E-state index is -3.83. The number of hydrogen-bond donors (Lipinski definition) is 3. The molecule has 0 bridgehead atoms. The molecule has 242 valence electrons. The highest BCUT2D eigenvalue weighted by Crippen LogP contribution is 2.34. The molecule has 0 spiro atoms. The van der Waals surface area contributed by atoms with Gasteiger partial charge in [-0.25, -0.2) is 22.4 Å². The average Bonchev–Trinajstić information content (AvgIpc) is 3.77. The standard InChI is InChI=1S/C35H25N7O5S2/c1-2-30(43)37-24-13-11-22(12-14-24)33(44)38-25-7-6-8-26(20-25)39-35-40-29-16-18-48-31(29)34(41-35)47-27-19-23-15-17-42(32(23)36-21-27)49(45,46)28-9-4-3-5-10-28/h2-21H,1H2,(H,37,43)(H,38,44)(H,39,40,41). The zero-order valence-electron chi connectivity index (χ0n) is 25.4. The van der Waals surface area contributed by atoms with E-state index in [4.69, 9.17) is 4.74 Å². The highest BCUT2D eigenvalue weighted by atomic mass is 32.2. The van der Waals surface area contributed by atoms with E-state index in [1.165, 1.54) is 41.9 Å². The van der Waals surface area contributed by atoms with Crippen LogP contribution in [-0.4, -0.2) is 39.2 Å². The second kappa shape index (κ2) is 13.0. The quantitative estimate of drug-likeness (QED) is 0.127. The van der Waals surface area contributed by atoms with Gasteiger partial charge in [0.2, 0.25) is 17.7 Å². The molecule has 4 heterocycles. The molecule has 3 N–H and O–H groups in total. The number of aromatic nitrogens is 4. The maximum atomic E-state index is 13.2. The fourth-order valence-corrected chi connectivity index (χ4v) is 7.00. The van der Waals surface area contributed by atoms with E-state index in [1.54, 1.807) is 78.9 Å². The van der Waals surface area contributed by atoms with Crippen molar-refractivity contribution in [2.24, 2.45) is 0 Å². The van der Waals surface area contributed by atoms with Gasteiger partial charge in [0.15, 0.2) is 5.65 Å². The molecule has 2 amide bonds. The first-order chi connectivity index (χ1) is 23.8. The lowest BCUT2D eigenvalue weighted by atomic mass is 10.2. The van der Waals surface area contributed by atoms with Gasteiger partial charge in [-0.2, -0.15) is 4.98 Å². The normalized spacial score (nSPS) is 11.3. The van der Waals surface area contributed by atoms with Gasteiger partial charge in [0.05, 0.1) is 16.6 Å². The van der Waals surface area contributed by atoms with Gasteiger partial charge in [0.25, 0.3) is 15.9 Å². The van der Waals surface area contributed by atoms with Crippen LogP contribution >= 0.6 is 11.3 Å². The summed E-state index contributed by atoms with van der Waals surface area (Å²) in [6.45, 7) is 3.42. The van der Waals surface area contributed by atoms with Gasteiger partial charge in [0, 0.05) is 34.2 Å². The molecule has 49 heavy (non-hydrogen) atoms. The Morgan fingerprint density at radius 3 is 2.45 bits per heavy atom. The predicted molar refractivity (Wildman–Crippen MR) is 189 cm³/mol. The van der Waals surface area contributed by atoms with Crippen LogP contribution in [0, 0.1) is 0 Å². The number of benzene rings is 3. The molecule has 0 saturated heterocycles. The second-order valence-electron chi connectivity index (χ2n) is 10.5. The van der Waals surface area contributed by atoms with Crippen molar-refractivity contribution in [2.75, 3.05) is 16.0 Å². The van der Waals surface area contributed by atoms with Crippen molar-refractivity contribution in [3.63, 3.8) is 0 Å². The van der Waals surface area contributed by atoms with Crippen LogP contribution in [0.25, 0.3) is 21.3 Å². The second-order valence-corrected chi connectivity index (χ2v) is 13.3. The Morgan fingerprint density at radius 1 is 0.857 bits per heavy atom. The van der Waals surface area contributed by atoms with E-state index in [0.717, 1.165) is 3.97 Å². The summed E-state index contributed by atoms with van der Waals surface area (Å²) in [5.74, 6) is 0.241. The summed E-state index contributed by atoms with van der Waals surface area (Å²) < 4.78 is 34.5. The molecular formula is C35H25N7O5S2. The van der Waals surface area contributed by atoms with Crippen molar-refractivity contribution >= 4 is 77.4 Å². The molecule has 0 fully saturated rings. The van der Waals surface area contributed by atoms with Crippen molar-refractivity contribution < 1.29 is 22.7 Å². The third-order valence-corrected chi connectivity index (χ3v) is 9.80. The first kappa shape index (κ1) is 31.2. The Bertz CT molecular complexity index is 2480. The number of ether oxygens (including phenoxy) is 1. The number of pyridine rings is 1. The third-order valence-electron chi connectivity index (χ3n) is 7.23. The number of hydrogen-bond acceptors (Lipinski definition) is 10. The number of thiophene rings is 1. The number of carbonyl (C=O) groups excluding carboxylic acids is 2. The summed E-state index contributed by atoms with van der Waals surface area (Å²) in [5.41, 5.74) is 3.03. The topological polar surface area (TPSA) is 157 Å². The largest absolute Gasteiger partial charge is 0.436 e. The van der Waals surface area contributed by atoms with Gasteiger partial charge < -0.3 is 20.7 Å². The van der Waals surface area contributed by atoms with Crippen molar-refractivity contribution in [3.05, 3.63) is 133 Å². The van der Waals surface area contributed by atoms with Crippen LogP contribution < -0.4 is 20.7 Å². The summed E-state index contributed by atoms with van der Waals surface area (Å²) in [6.07, 6.45) is 4.08. The molecule has 0 unspecified atom stereocenters. The molecular weight excluding hydrogens is 663 g/mol. The van der Waals surface area contributed by atoms with Crippen molar-refractivity contribution in [1.29, 1.82) is 0 Å². The van der Waals surface area contributed by atoms with Gasteiger partial charge in [-0.1, -0.05) is 30.8 Å². The minimum Gasteiger partial charge on any atom is -0.436 e. The molecule has 0 radical (unpaired) electrons. The number of nitrogens with one attached hydrogen (secondary N) is 3. The van der Waals surface area contributed by atoms with E-state index in [0.29, 0.717) is 44.0 Å². The first-order valence-corrected chi connectivity index (χ1v) is 17.0. The van der Waals surface area contributed by atoms with Gasteiger partial charge >= 0.3 is 0 Å². The van der Waals surface area contributed by atoms with Crippen LogP contribution in [0.3, 0.4) is 0 Å². The Hall–Kier alpha value is -6.38.